The zero-order valence-electron chi connectivity index (χ0n) is 12.1. The maximum atomic E-state index is 12.0. The standard InChI is InChI=1S/C16H17N3O2/c1-9-3-4-11(7-10(9)2)13-8-14(19-16(21)18-13)15(20)17-12-5-6-12/h3-4,7-8,12H,5-6H2,1-2H3,(H,17,20)(H,18,19,21). The van der Waals surface area contributed by atoms with Crippen molar-refractivity contribution in [3.05, 3.63) is 51.6 Å². The van der Waals surface area contributed by atoms with Gasteiger partial charge in [0.25, 0.3) is 5.91 Å². The first-order chi connectivity index (χ1) is 10.0. The summed E-state index contributed by atoms with van der Waals surface area (Å²) in [7, 11) is 0. The lowest BCUT2D eigenvalue weighted by Crippen LogP contribution is -2.28. The van der Waals surface area contributed by atoms with Gasteiger partial charge in [0.2, 0.25) is 0 Å². The van der Waals surface area contributed by atoms with Crippen molar-refractivity contribution < 1.29 is 4.79 Å². The Balaban J connectivity index is 1.98. The highest BCUT2D eigenvalue weighted by Gasteiger charge is 2.24. The molecule has 0 unspecified atom stereocenters. The molecule has 0 spiro atoms. The lowest BCUT2D eigenvalue weighted by molar-refractivity contribution is 0.0945. The zero-order valence-corrected chi connectivity index (χ0v) is 12.1. The third kappa shape index (κ3) is 3.02. The molecule has 108 valence electrons. The molecule has 1 aromatic heterocycles. The first-order valence-corrected chi connectivity index (χ1v) is 7.03. The largest absolute Gasteiger partial charge is 0.348 e. The van der Waals surface area contributed by atoms with E-state index in [4.69, 9.17) is 0 Å². The van der Waals surface area contributed by atoms with Gasteiger partial charge in [-0.05, 0) is 49.9 Å². The number of carbonyl (C=O) groups is 1. The fourth-order valence-electron chi connectivity index (χ4n) is 2.12. The van der Waals surface area contributed by atoms with E-state index in [1.54, 1.807) is 6.07 Å². The van der Waals surface area contributed by atoms with E-state index >= 15 is 0 Å². The van der Waals surface area contributed by atoms with Crippen molar-refractivity contribution >= 4 is 5.91 Å². The minimum absolute atomic E-state index is 0.248. The molecule has 2 aromatic rings. The van der Waals surface area contributed by atoms with E-state index in [0.29, 0.717) is 5.69 Å². The topological polar surface area (TPSA) is 74.8 Å². The second-order valence-corrected chi connectivity index (χ2v) is 5.53. The van der Waals surface area contributed by atoms with Crippen molar-refractivity contribution in [1.29, 1.82) is 0 Å². The first kappa shape index (κ1) is 13.5. The molecule has 1 aliphatic rings. The molecule has 1 aromatic carbocycles. The van der Waals surface area contributed by atoms with Crippen molar-refractivity contribution in [2.45, 2.75) is 32.7 Å². The van der Waals surface area contributed by atoms with Crippen LogP contribution >= 0.6 is 0 Å². The summed E-state index contributed by atoms with van der Waals surface area (Å²) < 4.78 is 0. The molecule has 0 aliphatic heterocycles. The van der Waals surface area contributed by atoms with Gasteiger partial charge in [-0.1, -0.05) is 12.1 Å². The van der Waals surface area contributed by atoms with E-state index in [1.807, 2.05) is 32.0 Å². The molecule has 2 N–H and O–H groups in total. The molecule has 21 heavy (non-hydrogen) atoms. The Hall–Kier alpha value is -2.43. The third-order valence-electron chi connectivity index (χ3n) is 3.70. The number of nitrogens with one attached hydrogen (secondary N) is 2. The zero-order chi connectivity index (χ0) is 15.0. The molecule has 1 amide bonds. The van der Waals surface area contributed by atoms with Gasteiger partial charge in [0.1, 0.15) is 5.69 Å². The molecular weight excluding hydrogens is 266 g/mol. The quantitative estimate of drug-likeness (QED) is 0.904. The summed E-state index contributed by atoms with van der Waals surface area (Å²) in [5.74, 6) is -0.248. The van der Waals surface area contributed by atoms with Crippen molar-refractivity contribution in [1.82, 2.24) is 15.3 Å². The van der Waals surface area contributed by atoms with Crippen LogP contribution in [0.3, 0.4) is 0 Å². The predicted molar refractivity (Wildman–Crippen MR) is 80.3 cm³/mol. The van der Waals surface area contributed by atoms with Gasteiger partial charge in [0.05, 0.1) is 5.69 Å². The molecule has 1 heterocycles. The fourth-order valence-corrected chi connectivity index (χ4v) is 2.12. The Morgan fingerprint density at radius 2 is 2.00 bits per heavy atom. The van der Waals surface area contributed by atoms with Gasteiger partial charge in [-0.3, -0.25) is 4.79 Å². The SMILES string of the molecule is Cc1ccc(-c2cc(C(=O)NC3CC3)[nH]c(=O)n2)cc1C. The number of benzene rings is 1. The third-order valence-corrected chi connectivity index (χ3v) is 3.70. The summed E-state index contributed by atoms with van der Waals surface area (Å²) in [5, 5.41) is 2.86. The fraction of sp³-hybridized carbons (Fsp3) is 0.312. The van der Waals surface area contributed by atoms with Crippen molar-refractivity contribution in [2.24, 2.45) is 0 Å². The molecule has 0 saturated heterocycles. The summed E-state index contributed by atoms with van der Waals surface area (Å²) in [6, 6.07) is 7.74. The van der Waals surface area contributed by atoms with E-state index < -0.39 is 5.69 Å². The van der Waals surface area contributed by atoms with Crippen LogP contribution in [0.25, 0.3) is 11.3 Å². The second kappa shape index (κ2) is 5.16. The van der Waals surface area contributed by atoms with Crippen LogP contribution < -0.4 is 11.0 Å². The van der Waals surface area contributed by atoms with Crippen LogP contribution in [0.15, 0.2) is 29.1 Å². The van der Waals surface area contributed by atoms with Crippen LogP contribution in [0.5, 0.6) is 0 Å². The number of hydrogen-bond acceptors (Lipinski definition) is 3. The van der Waals surface area contributed by atoms with Crippen LogP contribution in [-0.4, -0.2) is 21.9 Å². The summed E-state index contributed by atoms with van der Waals surface area (Å²) in [5.41, 5.74) is 3.41. The molecule has 0 atom stereocenters. The van der Waals surface area contributed by atoms with Crippen molar-refractivity contribution in [3.63, 3.8) is 0 Å². The van der Waals surface area contributed by atoms with Crippen LogP contribution in [0.4, 0.5) is 0 Å². The van der Waals surface area contributed by atoms with Gasteiger partial charge >= 0.3 is 5.69 Å². The Morgan fingerprint density at radius 3 is 2.67 bits per heavy atom. The number of aromatic amines is 1. The summed E-state index contributed by atoms with van der Waals surface area (Å²) in [4.78, 5) is 30.2. The van der Waals surface area contributed by atoms with Crippen LogP contribution in [0.2, 0.25) is 0 Å². The van der Waals surface area contributed by atoms with Crippen molar-refractivity contribution in [2.75, 3.05) is 0 Å². The minimum Gasteiger partial charge on any atom is -0.348 e. The number of nitrogens with zero attached hydrogens (tertiary/aromatic N) is 1. The molecule has 1 saturated carbocycles. The highest BCUT2D eigenvalue weighted by molar-refractivity contribution is 5.93. The molecule has 5 heteroatoms. The van der Waals surface area contributed by atoms with E-state index in [1.165, 1.54) is 5.56 Å². The van der Waals surface area contributed by atoms with Crippen LogP contribution in [-0.2, 0) is 0 Å². The van der Waals surface area contributed by atoms with E-state index in [2.05, 4.69) is 15.3 Å². The van der Waals surface area contributed by atoms with E-state index in [0.717, 1.165) is 24.0 Å². The lowest BCUT2D eigenvalue weighted by Gasteiger charge is -2.07. The summed E-state index contributed by atoms with van der Waals surface area (Å²) >= 11 is 0. The van der Waals surface area contributed by atoms with Crippen LogP contribution in [0.1, 0.15) is 34.5 Å². The maximum absolute atomic E-state index is 12.0. The monoisotopic (exact) mass is 283 g/mol. The van der Waals surface area contributed by atoms with Gasteiger partial charge in [-0.15, -0.1) is 0 Å². The molecule has 1 aliphatic carbocycles. The van der Waals surface area contributed by atoms with Gasteiger partial charge in [0, 0.05) is 11.6 Å². The van der Waals surface area contributed by atoms with E-state index in [9.17, 15) is 9.59 Å². The first-order valence-electron chi connectivity index (χ1n) is 7.03. The van der Waals surface area contributed by atoms with Crippen LogP contribution in [0, 0.1) is 13.8 Å². The Labute approximate surface area is 122 Å². The number of hydrogen-bond donors (Lipinski definition) is 2. The number of aryl methyl sites for hydroxylation is 2. The number of aromatic nitrogens is 2. The summed E-state index contributed by atoms with van der Waals surface area (Å²) in [6.45, 7) is 4.03. The average Bonchev–Trinajstić information content (AvgIpc) is 3.25. The highest BCUT2D eigenvalue weighted by Crippen LogP contribution is 2.21. The second-order valence-electron chi connectivity index (χ2n) is 5.53. The predicted octanol–water partition coefficient (Wildman–Crippen LogP) is 1.95. The van der Waals surface area contributed by atoms with Gasteiger partial charge in [0.15, 0.2) is 0 Å². The Bertz CT molecular complexity index is 760. The normalized spacial score (nSPS) is 14.0. The summed E-state index contributed by atoms with van der Waals surface area (Å²) in [6.07, 6.45) is 2.01. The van der Waals surface area contributed by atoms with E-state index in [-0.39, 0.29) is 17.6 Å². The lowest BCUT2D eigenvalue weighted by atomic mass is 10.0. The van der Waals surface area contributed by atoms with Gasteiger partial charge in [-0.25, -0.2) is 4.79 Å². The highest BCUT2D eigenvalue weighted by atomic mass is 16.2. The number of carbonyl (C=O) groups excluding carboxylic acids is 1. The molecule has 1 fully saturated rings. The van der Waals surface area contributed by atoms with Gasteiger partial charge in [-0.2, -0.15) is 4.98 Å². The maximum Gasteiger partial charge on any atom is 0.346 e. The number of rotatable bonds is 3. The number of amides is 1. The minimum atomic E-state index is -0.508. The smallest absolute Gasteiger partial charge is 0.346 e. The Kier molecular flexibility index (Phi) is 3.33. The average molecular weight is 283 g/mol. The molecule has 5 nitrogen and oxygen atoms in total. The molecule has 3 rings (SSSR count). The van der Waals surface area contributed by atoms with Gasteiger partial charge < -0.3 is 10.3 Å². The number of H-pyrrole nitrogens is 1. The van der Waals surface area contributed by atoms with Crippen molar-refractivity contribution in [3.8, 4) is 11.3 Å². The molecule has 0 bridgehead atoms. The molecular formula is C16H17N3O2. The molecule has 0 radical (unpaired) electrons. The Morgan fingerprint density at radius 1 is 1.24 bits per heavy atom.